The molecule has 1 aliphatic heterocycles. The summed E-state index contributed by atoms with van der Waals surface area (Å²) in [7, 11) is 8.04. The first-order chi connectivity index (χ1) is 8.58. The molecule has 2 heterocycles. The van der Waals surface area contributed by atoms with Crippen molar-refractivity contribution in [1.82, 2.24) is 19.4 Å². The van der Waals surface area contributed by atoms with Crippen molar-refractivity contribution in [2.45, 2.75) is 32.4 Å². The maximum absolute atomic E-state index is 4.66. The summed E-state index contributed by atoms with van der Waals surface area (Å²) < 4.78 is 2.28. The molecule has 1 aromatic heterocycles. The van der Waals surface area contributed by atoms with Gasteiger partial charge in [-0.15, -0.1) is 0 Å². The third-order valence-corrected chi connectivity index (χ3v) is 3.14. The summed E-state index contributed by atoms with van der Waals surface area (Å²) in [5.74, 6) is 2.20. The molecular formula is C13H23N5. The van der Waals surface area contributed by atoms with Crippen molar-refractivity contribution in [3.8, 4) is 0 Å². The number of fused-ring (bicyclic) bond motifs is 1. The van der Waals surface area contributed by atoms with Crippen molar-refractivity contribution in [3.63, 3.8) is 0 Å². The summed E-state index contributed by atoms with van der Waals surface area (Å²) >= 11 is 0. The molecule has 1 aromatic rings. The average Bonchev–Trinajstić information content (AvgIpc) is 2.70. The highest BCUT2D eigenvalue weighted by Crippen LogP contribution is 2.15. The predicted molar refractivity (Wildman–Crippen MR) is 73.7 cm³/mol. The van der Waals surface area contributed by atoms with Gasteiger partial charge in [0, 0.05) is 47.4 Å². The lowest BCUT2D eigenvalue weighted by molar-refractivity contribution is 0.479. The lowest BCUT2D eigenvalue weighted by Gasteiger charge is -2.22. The molecule has 0 spiro atoms. The molecule has 0 unspecified atom stereocenters. The van der Waals surface area contributed by atoms with E-state index in [0.717, 1.165) is 24.6 Å². The Bertz CT molecular complexity index is 397. The van der Waals surface area contributed by atoms with Crippen LogP contribution in [0, 0.1) is 0 Å². The molecule has 100 valence electrons. The van der Waals surface area contributed by atoms with Crippen LogP contribution in [0.15, 0.2) is 11.2 Å². The summed E-state index contributed by atoms with van der Waals surface area (Å²) in [6.45, 7) is 1.77. The van der Waals surface area contributed by atoms with Crippen LogP contribution in [0.1, 0.15) is 24.4 Å². The molecule has 0 saturated carbocycles. The molecule has 0 aromatic carbocycles. The van der Waals surface area contributed by atoms with Crippen molar-refractivity contribution in [2.24, 2.45) is 4.99 Å². The number of imidazole rings is 1. The second-order valence-corrected chi connectivity index (χ2v) is 5.20. The second-order valence-electron chi connectivity index (χ2n) is 5.20. The van der Waals surface area contributed by atoms with Crippen LogP contribution in [0.2, 0.25) is 0 Å². The van der Waals surface area contributed by atoms with E-state index >= 15 is 0 Å². The molecule has 5 nitrogen and oxygen atoms in total. The second kappa shape index (κ2) is 5.42. The average molecular weight is 249 g/mol. The van der Waals surface area contributed by atoms with Gasteiger partial charge >= 0.3 is 0 Å². The zero-order valence-corrected chi connectivity index (χ0v) is 11.8. The Balaban J connectivity index is 2.09. The van der Waals surface area contributed by atoms with Crippen LogP contribution < -0.4 is 0 Å². The number of guanidine groups is 1. The number of hydrogen-bond acceptors (Lipinski definition) is 2. The first kappa shape index (κ1) is 12.9. The lowest BCUT2D eigenvalue weighted by atomic mass is 10.2. The van der Waals surface area contributed by atoms with Gasteiger partial charge in [0.15, 0.2) is 5.96 Å². The first-order valence-corrected chi connectivity index (χ1v) is 6.52. The third-order valence-electron chi connectivity index (χ3n) is 3.14. The van der Waals surface area contributed by atoms with Crippen LogP contribution in [0.5, 0.6) is 0 Å². The minimum absolute atomic E-state index is 0.658. The highest BCUT2D eigenvalue weighted by Gasteiger charge is 2.12. The van der Waals surface area contributed by atoms with Crippen molar-refractivity contribution < 1.29 is 0 Å². The summed E-state index contributed by atoms with van der Waals surface area (Å²) in [6.07, 6.45) is 5.80. The summed E-state index contributed by atoms with van der Waals surface area (Å²) in [6, 6.07) is 0. The minimum Gasteiger partial charge on any atom is -0.349 e. The monoisotopic (exact) mass is 249 g/mol. The molecule has 18 heavy (non-hydrogen) atoms. The SMILES string of the molecule is CN(C)C(=NCc1cn2c(n1)CCCC2)N(C)C. The summed E-state index contributed by atoms with van der Waals surface area (Å²) in [4.78, 5) is 13.3. The normalized spacial score (nSPS) is 14.0. The first-order valence-electron chi connectivity index (χ1n) is 6.52. The van der Waals surface area contributed by atoms with Gasteiger partial charge in [-0.3, -0.25) is 0 Å². The molecule has 1 aliphatic rings. The molecule has 0 atom stereocenters. The van der Waals surface area contributed by atoms with Crippen molar-refractivity contribution >= 4 is 5.96 Å². The fraction of sp³-hybridized carbons (Fsp3) is 0.692. The zero-order valence-electron chi connectivity index (χ0n) is 11.8. The van der Waals surface area contributed by atoms with Gasteiger partial charge in [-0.2, -0.15) is 0 Å². The number of aromatic nitrogens is 2. The van der Waals surface area contributed by atoms with Gasteiger partial charge in [0.05, 0.1) is 12.2 Å². The van der Waals surface area contributed by atoms with Gasteiger partial charge in [0.25, 0.3) is 0 Å². The van der Waals surface area contributed by atoms with E-state index < -0.39 is 0 Å². The van der Waals surface area contributed by atoms with E-state index in [1.165, 1.54) is 18.7 Å². The highest BCUT2D eigenvalue weighted by molar-refractivity contribution is 5.79. The largest absolute Gasteiger partial charge is 0.349 e. The molecule has 2 rings (SSSR count). The molecule has 0 saturated heterocycles. The Hall–Kier alpha value is -1.52. The Morgan fingerprint density at radius 3 is 2.61 bits per heavy atom. The maximum atomic E-state index is 4.66. The van der Waals surface area contributed by atoms with Gasteiger partial charge < -0.3 is 14.4 Å². The Morgan fingerprint density at radius 2 is 2.00 bits per heavy atom. The number of aryl methyl sites for hydroxylation is 2. The van der Waals surface area contributed by atoms with Crippen LogP contribution in [0.4, 0.5) is 0 Å². The van der Waals surface area contributed by atoms with E-state index in [1.54, 1.807) is 0 Å². The van der Waals surface area contributed by atoms with Gasteiger partial charge in [-0.1, -0.05) is 0 Å². The minimum atomic E-state index is 0.658. The van der Waals surface area contributed by atoms with E-state index in [2.05, 4.69) is 20.7 Å². The van der Waals surface area contributed by atoms with Crippen LogP contribution in [-0.2, 0) is 19.5 Å². The standard InChI is InChI=1S/C13H23N5/c1-16(2)13(17(3)4)14-9-11-10-18-8-6-5-7-12(18)15-11/h10H,5-9H2,1-4H3. The van der Waals surface area contributed by atoms with Crippen LogP contribution in [-0.4, -0.2) is 53.5 Å². The van der Waals surface area contributed by atoms with Crippen molar-refractivity contribution in [3.05, 3.63) is 17.7 Å². The Morgan fingerprint density at radius 1 is 1.28 bits per heavy atom. The van der Waals surface area contributed by atoms with Crippen LogP contribution >= 0.6 is 0 Å². The topological polar surface area (TPSA) is 36.7 Å². The van der Waals surface area contributed by atoms with Crippen molar-refractivity contribution in [1.29, 1.82) is 0 Å². The van der Waals surface area contributed by atoms with Gasteiger partial charge in [0.1, 0.15) is 5.82 Å². The summed E-state index contributed by atoms with van der Waals surface area (Å²) in [5.41, 5.74) is 1.08. The molecule has 0 aliphatic carbocycles. The van der Waals surface area contributed by atoms with E-state index in [-0.39, 0.29) is 0 Å². The molecular weight excluding hydrogens is 226 g/mol. The number of rotatable bonds is 2. The highest BCUT2D eigenvalue weighted by atomic mass is 15.3. The van der Waals surface area contributed by atoms with E-state index in [1.807, 2.05) is 38.0 Å². The quantitative estimate of drug-likeness (QED) is 0.584. The van der Waals surface area contributed by atoms with Crippen LogP contribution in [0.3, 0.4) is 0 Å². The van der Waals surface area contributed by atoms with E-state index in [9.17, 15) is 0 Å². The smallest absolute Gasteiger partial charge is 0.195 e. The van der Waals surface area contributed by atoms with E-state index in [0.29, 0.717) is 6.54 Å². The molecule has 0 fully saturated rings. The molecule has 0 radical (unpaired) electrons. The molecule has 5 heteroatoms. The van der Waals surface area contributed by atoms with Gasteiger partial charge in [0.2, 0.25) is 0 Å². The molecule has 0 amide bonds. The predicted octanol–water partition coefficient (Wildman–Crippen LogP) is 1.20. The molecule has 0 bridgehead atoms. The number of hydrogen-bond donors (Lipinski definition) is 0. The number of nitrogens with zero attached hydrogens (tertiary/aromatic N) is 5. The van der Waals surface area contributed by atoms with Gasteiger partial charge in [-0.05, 0) is 12.8 Å². The fourth-order valence-corrected chi connectivity index (χ4v) is 2.38. The fourth-order valence-electron chi connectivity index (χ4n) is 2.38. The summed E-state index contributed by atoms with van der Waals surface area (Å²) in [5, 5.41) is 0. The maximum Gasteiger partial charge on any atom is 0.195 e. The molecule has 0 N–H and O–H groups in total. The van der Waals surface area contributed by atoms with Gasteiger partial charge in [-0.25, -0.2) is 9.98 Å². The lowest BCUT2D eigenvalue weighted by Crippen LogP contribution is -2.35. The number of aliphatic imine (C=N–C) groups is 1. The Labute approximate surface area is 109 Å². The van der Waals surface area contributed by atoms with E-state index in [4.69, 9.17) is 0 Å². The third kappa shape index (κ3) is 2.83. The van der Waals surface area contributed by atoms with Crippen molar-refractivity contribution in [2.75, 3.05) is 28.2 Å². The van der Waals surface area contributed by atoms with Crippen LogP contribution in [0.25, 0.3) is 0 Å². The zero-order chi connectivity index (χ0) is 13.1. The Kier molecular flexibility index (Phi) is 3.89.